The molecule has 1 aromatic rings. The van der Waals surface area contributed by atoms with Crippen LogP contribution in [0, 0.1) is 0 Å². The zero-order chi connectivity index (χ0) is 10.7. The summed E-state index contributed by atoms with van der Waals surface area (Å²) in [4.78, 5) is 4.65. The fourth-order valence-electron chi connectivity index (χ4n) is 1.91. The van der Waals surface area contributed by atoms with E-state index in [-0.39, 0.29) is 0 Å². The van der Waals surface area contributed by atoms with E-state index >= 15 is 0 Å². The Morgan fingerprint density at radius 3 is 2.87 bits per heavy atom. The van der Waals surface area contributed by atoms with Gasteiger partial charge in [0.2, 0.25) is 0 Å². The van der Waals surface area contributed by atoms with Crippen LogP contribution in [0.1, 0.15) is 12.2 Å². The van der Waals surface area contributed by atoms with Crippen LogP contribution in [0.15, 0.2) is 16.5 Å². The minimum absolute atomic E-state index is 0.480. The van der Waals surface area contributed by atoms with E-state index in [0.717, 1.165) is 31.3 Å². The van der Waals surface area contributed by atoms with Crippen molar-refractivity contribution in [3.63, 3.8) is 0 Å². The average Bonchev–Trinajstić information content (AvgIpc) is 2.62. The van der Waals surface area contributed by atoms with Crippen LogP contribution in [0.4, 0.5) is 5.88 Å². The second-order valence-corrected chi connectivity index (χ2v) is 4.09. The Morgan fingerprint density at radius 2 is 2.13 bits per heavy atom. The van der Waals surface area contributed by atoms with E-state index in [1.807, 2.05) is 12.1 Å². The van der Waals surface area contributed by atoms with E-state index in [9.17, 15) is 0 Å². The van der Waals surface area contributed by atoms with Crippen LogP contribution in [-0.2, 0) is 6.54 Å². The van der Waals surface area contributed by atoms with Crippen molar-refractivity contribution < 1.29 is 4.42 Å². The first kappa shape index (κ1) is 10.5. The number of hydrogen-bond donors (Lipinski definition) is 1. The molecule has 0 unspecified atom stereocenters. The smallest absolute Gasteiger partial charge is 0.195 e. The molecule has 1 aliphatic rings. The van der Waals surface area contributed by atoms with Gasteiger partial charge in [0.1, 0.15) is 5.76 Å². The van der Waals surface area contributed by atoms with E-state index in [1.165, 1.54) is 13.0 Å². The van der Waals surface area contributed by atoms with Crippen molar-refractivity contribution >= 4 is 5.88 Å². The molecule has 2 heterocycles. The molecule has 0 spiro atoms. The van der Waals surface area contributed by atoms with Crippen LogP contribution in [0.3, 0.4) is 0 Å². The molecule has 15 heavy (non-hydrogen) atoms. The summed E-state index contributed by atoms with van der Waals surface area (Å²) in [6.45, 7) is 4.85. The largest absolute Gasteiger partial charge is 0.444 e. The molecule has 1 aromatic heterocycles. The molecule has 84 valence electrons. The van der Waals surface area contributed by atoms with E-state index in [0.29, 0.717) is 6.54 Å². The van der Waals surface area contributed by atoms with Crippen LogP contribution in [-0.4, -0.2) is 38.1 Å². The number of anilines is 1. The lowest BCUT2D eigenvalue weighted by atomic mass is 10.4. The predicted octanol–water partition coefficient (Wildman–Crippen LogP) is 0.880. The standard InChI is InChI=1S/C11H19N3O/c1-13-5-2-6-14(8-7-13)11-4-3-10(9-12)15-11/h3-4H,2,5-9,12H2,1H3. The summed E-state index contributed by atoms with van der Waals surface area (Å²) in [5.74, 6) is 1.83. The second kappa shape index (κ2) is 4.68. The highest BCUT2D eigenvalue weighted by atomic mass is 16.4. The van der Waals surface area contributed by atoms with Gasteiger partial charge < -0.3 is 20.0 Å². The van der Waals surface area contributed by atoms with Crippen LogP contribution >= 0.6 is 0 Å². The van der Waals surface area contributed by atoms with Crippen LogP contribution in [0.2, 0.25) is 0 Å². The Kier molecular flexibility index (Phi) is 3.28. The molecule has 0 radical (unpaired) electrons. The maximum atomic E-state index is 5.65. The van der Waals surface area contributed by atoms with Gasteiger partial charge in [-0.3, -0.25) is 0 Å². The first-order valence-electron chi connectivity index (χ1n) is 5.52. The first-order valence-corrected chi connectivity index (χ1v) is 5.52. The molecule has 1 aliphatic heterocycles. The van der Waals surface area contributed by atoms with Gasteiger partial charge in [-0.05, 0) is 26.1 Å². The number of furan rings is 1. The third-order valence-corrected chi connectivity index (χ3v) is 2.88. The molecule has 1 fully saturated rings. The Labute approximate surface area is 90.6 Å². The van der Waals surface area contributed by atoms with Gasteiger partial charge >= 0.3 is 0 Å². The molecular weight excluding hydrogens is 190 g/mol. The van der Waals surface area contributed by atoms with Crippen molar-refractivity contribution in [3.05, 3.63) is 17.9 Å². The maximum absolute atomic E-state index is 5.65. The van der Waals surface area contributed by atoms with Crippen LogP contribution < -0.4 is 10.6 Å². The van der Waals surface area contributed by atoms with Crippen molar-refractivity contribution in [2.24, 2.45) is 5.73 Å². The molecule has 0 aromatic carbocycles. The third kappa shape index (κ3) is 2.52. The van der Waals surface area contributed by atoms with Crippen LogP contribution in [0.5, 0.6) is 0 Å². The highest BCUT2D eigenvalue weighted by molar-refractivity contribution is 5.36. The van der Waals surface area contributed by atoms with E-state index < -0.39 is 0 Å². The summed E-state index contributed by atoms with van der Waals surface area (Å²) < 4.78 is 5.65. The Morgan fingerprint density at radius 1 is 1.27 bits per heavy atom. The molecule has 0 atom stereocenters. The molecular formula is C11H19N3O. The van der Waals surface area contributed by atoms with Gasteiger partial charge in [0.25, 0.3) is 0 Å². The van der Waals surface area contributed by atoms with Gasteiger partial charge in [-0.25, -0.2) is 0 Å². The van der Waals surface area contributed by atoms with Crippen molar-refractivity contribution in [2.45, 2.75) is 13.0 Å². The predicted molar refractivity (Wildman–Crippen MR) is 60.9 cm³/mol. The lowest BCUT2D eigenvalue weighted by molar-refractivity contribution is 0.359. The third-order valence-electron chi connectivity index (χ3n) is 2.88. The summed E-state index contributed by atoms with van der Waals surface area (Å²) in [7, 11) is 2.16. The minimum Gasteiger partial charge on any atom is -0.444 e. The van der Waals surface area contributed by atoms with Gasteiger partial charge in [-0.2, -0.15) is 0 Å². The minimum atomic E-state index is 0.480. The molecule has 1 saturated heterocycles. The maximum Gasteiger partial charge on any atom is 0.195 e. The zero-order valence-electron chi connectivity index (χ0n) is 9.28. The summed E-state index contributed by atoms with van der Waals surface area (Å²) in [5, 5.41) is 0. The van der Waals surface area contributed by atoms with Gasteiger partial charge in [0.15, 0.2) is 5.88 Å². The number of hydrogen-bond acceptors (Lipinski definition) is 4. The molecule has 4 heteroatoms. The van der Waals surface area contributed by atoms with Gasteiger partial charge in [-0.15, -0.1) is 0 Å². The van der Waals surface area contributed by atoms with E-state index in [4.69, 9.17) is 10.2 Å². The number of likely N-dealkylation sites (N-methyl/N-ethyl adjacent to an activating group) is 1. The van der Waals surface area contributed by atoms with Crippen molar-refractivity contribution in [1.82, 2.24) is 4.90 Å². The Hall–Kier alpha value is -1.00. The Bertz CT molecular complexity index is 311. The topological polar surface area (TPSA) is 45.6 Å². The quantitative estimate of drug-likeness (QED) is 0.785. The number of nitrogens with two attached hydrogens (primary N) is 1. The molecule has 0 bridgehead atoms. The summed E-state index contributed by atoms with van der Waals surface area (Å²) >= 11 is 0. The van der Waals surface area contributed by atoms with E-state index in [2.05, 4.69) is 16.8 Å². The summed E-state index contributed by atoms with van der Waals surface area (Å²) in [6, 6.07) is 3.98. The lowest BCUT2D eigenvalue weighted by Gasteiger charge is -2.19. The highest BCUT2D eigenvalue weighted by Gasteiger charge is 2.14. The normalized spacial score (nSPS) is 19.2. The molecule has 0 saturated carbocycles. The van der Waals surface area contributed by atoms with Crippen molar-refractivity contribution in [1.29, 1.82) is 0 Å². The number of nitrogens with zero attached hydrogens (tertiary/aromatic N) is 2. The summed E-state index contributed by atoms with van der Waals surface area (Å²) in [6.07, 6.45) is 1.19. The second-order valence-electron chi connectivity index (χ2n) is 4.09. The number of rotatable bonds is 2. The van der Waals surface area contributed by atoms with Crippen molar-refractivity contribution in [3.8, 4) is 0 Å². The van der Waals surface area contributed by atoms with Gasteiger partial charge in [-0.1, -0.05) is 0 Å². The molecule has 0 aliphatic carbocycles. The first-order chi connectivity index (χ1) is 7.29. The van der Waals surface area contributed by atoms with Crippen LogP contribution in [0.25, 0.3) is 0 Å². The monoisotopic (exact) mass is 209 g/mol. The summed E-state index contributed by atoms with van der Waals surface area (Å²) in [5.41, 5.74) is 5.53. The fourth-order valence-corrected chi connectivity index (χ4v) is 1.91. The average molecular weight is 209 g/mol. The molecule has 4 nitrogen and oxygen atoms in total. The van der Waals surface area contributed by atoms with Crippen molar-refractivity contribution in [2.75, 3.05) is 38.1 Å². The zero-order valence-corrected chi connectivity index (χ0v) is 9.28. The highest BCUT2D eigenvalue weighted by Crippen LogP contribution is 2.19. The SMILES string of the molecule is CN1CCCN(c2ccc(CN)o2)CC1. The van der Waals surface area contributed by atoms with Gasteiger partial charge in [0.05, 0.1) is 6.54 Å². The fraction of sp³-hybridized carbons (Fsp3) is 0.636. The molecule has 2 N–H and O–H groups in total. The van der Waals surface area contributed by atoms with E-state index in [1.54, 1.807) is 0 Å². The van der Waals surface area contributed by atoms with Gasteiger partial charge in [0, 0.05) is 25.7 Å². The lowest BCUT2D eigenvalue weighted by Crippen LogP contribution is -2.28. The molecule has 0 amide bonds. The Balaban J connectivity index is 2.03. The molecule has 2 rings (SSSR count).